The van der Waals surface area contributed by atoms with Crippen molar-refractivity contribution in [3.63, 3.8) is 0 Å². The van der Waals surface area contributed by atoms with Gasteiger partial charge in [-0.25, -0.2) is 10.2 Å². The van der Waals surface area contributed by atoms with Gasteiger partial charge in [0.1, 0.15) is 11.5 Å². The summed E-state index contributed by atoms with van der Waals surface area (Å²) in [5.74, 6) is 0.338. The van der Waals surface area contributed by atoms with Gasteiger partial charge in [-0.05, 0) is 71.6 Å². The number of aryl methyl sites for hydroxylation is 2. The Morgan fingerprint density at radius 1 is 0.853 bits per heavy atom. The molecule has 0 saturated carbocycles. The highest BCUT2D eigenvalue weighted by atomic mass is 16.5. The Labute approximate surface area is 197 Å². The molecule has 0 spiro atoms. The lowest BCUT2D eigenvalue weighted by atomic mass is 10.0. The summed E-state index contributed by atoms with van der Waals surface area (Å²) >= 11 is 0. The van der Waals surface area contributed by atoms with Gasteiger partial charge >= 0.3 is 5.97 Å². The largest absolute Gasteiger partial charge is 0.483 e. The lowest BCUT2D eigenvalue weighted by molar-refractivity contribution is -0.123. The molecule has 0 saturated heterocycles. The molecule has 4 rings (SSSR count). The first-order chi connectivity index (χ1) is 16.5. The van der Waals surface area contributed by atoms with E-state index in [4.69, 9.17) is 9.47 Å². The van der Waals surface area contributed by atoms with Crippen molar-refractivity contribution in [2.75, 3.05) is 6.61 Å². The van der Waals surface area contributed by atoms with Gasteiger partial charge in [-0.3, -0.25) is 4.79 Å². The Bertz CT molecular complexity index is 1340. The number of fused-ring (bicyclic) bond motifs is 1. The molecule has 0 heterocycles. The van der Waals surface area contributed by atoms with Gasteiger partial charge in [0.25, 0.3) is 5.91 Å². The molecule has 34 heavy (non-hydrogen) atoms. The standard InChI is InChI=1S/C28H24N2O4/c1-19-7-5-8-20(2)27(19)33-18-26(31)30-29-17-21-13-15-23(16-14-21)34-28(32)25-12-6-10-22-9-3-4-11-24(22)25/h3-17H,18H2,1-2H3,(H,30,31). The first kappa shape index (κ1) is 22.7. The number of para-hydroxylation sites is 1. The topological polar surface area (TPSA) is 77.0 Å². The molecule has 1 amide bonds. The molecule has 0 aliphatic carbocycles. The number of carbonyl (C=O) groups is 2. The maximum atomic E-state index is 12.7. The maximum Gasteiger partial charge on any atom is 0.344 e. The Hall–Kier alpha value is -4.45. The Kier molecular flexibility index (Phi) is 6.98. The van der Waals surface area contributed by atoms with Crippen LogP contribution < -0.4 is 14.9 Å². The van der Waals surface area contributed by atoms with Crippen LogP contribution in [0.1, 0.15) is 27.0 Å². The number of ether oxygens (including phenoxy) is 2. The minimum absolute atomic E-state index is 0.133. The molecular weight excluding hydrogens is 428 g/mol. The number of rotatable bonds is 7. The molecule has 1 N–H and O–H groups in total. The molecule has 6 nitrogen and oxygen atoms in total. The predicted octanol–water partition coefficient (Wildman–Crippen LogP) is 5.20. The number of esters is 1. The summed E-state index contributed by atoms with van der Waals surface area (Å²) in [5.41, 5.74) is 5.63. The van der Waals surface area contributed by atoms with Crippen molar-refractivity contribution in [1.29, 1.82) is 0 Å². The first-order valence-electron chi connectivity index (χ1n) is 10.8. The highest BCUT2D eigenvalue weighted by Crippen LogP contribution is 2.22. The molecular formula is C28H24N2O4. The quantitative estimate of drug-likeness (QED) is 0.181. The van der Waals surface area contributed by atoms with Gasteiger partial charge in [-0.15, -0.1) is 0 Å². The molecule has 0 aliphatic heterocycles. The van der Waals surface area contributed by atoms with Crippen molar-refractivity contribution in [2.24, 2.45) is 5.10 Å². The maximum absolute atomic E-state index is 12.7. The van der Waals surface area contributed by atoms with Crippen molar-refractivity contribution >= 4 is 28.9 Å². The number of hydrogen-bond donors (Lipinski definition) is 1. The van der Waals surface area contributed by atoms with E-state index in [0.29, 0.717) is 17.1 Å². The molecule has 0 unspecified atom stereocenters. The van der Waals surface area contributed by atoms with Crippen molar-refractivity contribution in [1.82, 2.24) is 5.43 Å². The van der Waals surface area contributed by atoms with E-state index in [0.717, 1.165) is 27.5 Å². The van der Waals surface area contributed by atoms with Crippen molar-refractivity contribution in [3.8, 4) is 11.5 Å². The second kappa shape index (κ2) is 10.4. The number of hydrogen-bond acceptors (Lipinski definition) is 5. The molecule has 170 valence electrons. The molecule has 4 aromatic rings. The van der Waals surface area contributed by atoms with E-state index in [9.17, 15) is 9.59 Å². The van der Waals surface area contributed by atoms with Crippen LogP contribution in [0.5, 0.6) is 11.5 Å². The first-order valence-corrected chi connectivity index (χ1v) is 10.8. The summed E-state index contributed by atoms with van der Waals surface area (Å²) < 4.78 is 11.1. The third-order valence-corrected chi connectivity index (χ3v) is 5.26. The Balaban J connectivity index is 1.31. The van der Waals surface area contributed by atoms with Crippen LogP contribution in [0.2, 0.25) is 0 Å². The molecule has 0 radical (unpaired) electrons. The monoisotopic (exact) mass is 452 g/mol. The highest BCUT2D eigenvalue weighted by Gasteiger charge is 2.12. The lowest BCUT2D eigenvalue weighted by Gasteiger charge is -2.10. The van der Waals surface area contributed by atoms with E-state index >= 15 is 0 Å². The minimum Gasteiger partial charge on any atom is -0.483 e. The summed E-state index contributed by atoms with van der Waals surface area (Å²) in [5, 5.41) is 5.78. The third kappa shape index (κ3) is 5.48. The molecule has 4 aromatic carbocycles. The zero-order chi connectivity index (χ0) is 23.9. The second-order valence-corrected chi connectivity index (χ2v) is 7.79. The van der Waals surface area contributed by atoms with E-state index in [-0.39, 0.29) is 12.5 Å². The molecule has 0 bridgehead atoms. The molecule has 0 aliphatic rings. The fraction of sp³-hybridized carbons (Fsp3) is 0.107. The summed E-state index contributed by atoms with van der Waals surface area (Å²) in [6.45, 7) is 3.73. The summed E-state index contributed by atoms with van der Waals surface area (Å²) in [7, 11) is 0. The van der Waals surface area contributed by atoms with Gasteiger partial charge < -0.3 is 9.47 Å². The number of benzene rings is 4. The predicted molar refractivity (Wildman–Crippen MR) is 132 cm³/mol. The average Bonchev–Trinajstić information content (AvgIpc) is 2.84. The summed E-state index contributed by atoms with van der Waals surface area (Å²) in [6, 6.07) is 25.9. The van der Waals surface area contributed by atoms with E-state index in [1.807, 2.05) is 68.4 Å². The normalized spacial score (nSPS) is 10.9. The van der Waals surface area contributed by atoms with E-state index < -0.39 is 5.97 Å². The highest BCUT2D eigenvalue weighted by molar-refractivity contribution is 6.05. The average molecular weight is 453 g/mol. The van der Waals surface area contributed by atoms with Gasteiger partial charge in [-0.1, -0.05) is 54.6 Å². The SMILES string of the molecule is Cc1cccc(C)c1OCC(=O)NN=Cc1ccc(OC(=O)c2cccc3ccccc23)cc1. The number of hydrazone groups is 1. The van der Waals surface area contributed by atoms with Crippen LogP contribution in [0.25, 0.3) is 10.8 Å². The smallest absolute Gasteiger partial charge is 0.344 e. The van der Waals surface area contributed by atoms with Crippen LogP contribution in [0, 0.1) is 13.8 Å². The van der Waals surface area contributed by atoms with Crippen LogP contribution in [0.3, 0.4) is 0 Å². The van der Waals surface area contributed by atoms with E-state index in [1.165, 1.54) is 6.21 Å². The minimum atomic E-state index is -0.422. The van der Waals surface area contributed by atoms with Crippen LogP contribution in [0.15, 0.2) is 90.0 Å². The number of nitrogens with zero attached hydrogens (tertiary/aromatic N) is 1. The van der Waals surface area contributed by atoms with Crippen LogP contribution in [-0.2, 0) is 4.79 Å². The van der Waals surface area contributed by atoms with Gasteiger partial charge in [0.15, 0.2) is 6.61 Å². The lowest BCUT2D eigenvalue weighted by Crippen LogP contribution is -2.25. The number of amides is 1. The van der Waals surface area contributed by atoms with Gasteiger partial charge in [0, 0.05) is 0 Å². The van der Waals surface area contributed by atoms with Gasteiger partial charge in [-0.2, -0.15) is 5.10 Å². The molecule has 0 fully saturated rings. The Morgan fingerprint density at radius 3 is 2.29 bits per heavy atom. The number of nitrogens with one attached hydrogen (secondary N) is 1. The Morgan fingerprint density at radius 2 is 1.53 bits per heavy atom. The summed E-state index contributed by atoms with van der Waals surface area (Å²) in [6.07, 6.45) is 1.51. The second-order valence-electron chi connectivity index (χ2n) is 7.79. The van der Waals surface area contributed by atoms with Crippen LogP contribution >= 0.6 is 0 Å². The molecule has 6 heteroatoms. The van der Waals surface area contributed by atoms with Crippen molar-refractivity contribution in [2.45, 2.75) is 13.8 Å². The summed E-state index contributed by atoms with van der Waals surface area (Å²) in [4.78, 5) is 24.7. The third-order valence-electron chi connectivity index (χ3n) is 5.26. The van der Waals surface area contributed by atoms with E-state index in [2.05, 4.69) is 10.5 Å². The molecule has 0 atom stereocenters. The fourth-order valence-electron chi connectivity index (χ4n) is 3.56. The number of carbonyl (C=O) groups excluding carboxylic acids is 2. The van der Waals surface area contributed by atoms with Gasteiger partial charge in [0.2, 0.25) is 0 Å². The van der Waals surface area contributed by atoms with Crippen molar-refractivity contribution in [3.05, 3.63) is 107 Å². The van der Waals surface area contributed by atoms with Crippen molar-refractivity contribution < 1.29 is 19.1 Å². The zero-order valence-corrected chi connectivity index (χ0v) is 18.9. The fourth-order valence-corrected chi connectivity index (χ4v) is 3.56. The van der Waals surface area contributed by atoms with Crippen LogP contribution in [0.4, 0.5) is 0 Å². The zero-order valence-electron chi connectivity index (χ0n) is 18.9. The van der Waals surface area contributed by atoms with Crippen LogP contribution in [-0.4, -0.2) is 24.7 Å². The van der Waals surface area contributed by atoms with Gasteiger partial charge in [0.05, 0.1) is 11.8 Å². The van der Waals surface area contributed by atoms with E-state index in [1.54, 1.807) is 30.3 Å². The molecule has 0 aromatic heterocycles.